The molecule has 22 heavy (non-hydrogen) atoms. The van der Waals surface area contributed by atoms with Gasteiger partial charge in [0.25, 0.3) is 5.91 Å². The van der Waals surface area contributed by atoms with Gasteiger partial charge in [0.05, 0.1) is 13.2 Å². The van der Waals surface area contributed by atoms with Crippen LogP contribution in [0.25, 0.3) is 0 Å². The number of carbonyl (C=O) groups excluding carboxylic acids is 1. The molecule has 1 aliphatic rings. The van der Waals surface area contributed by atoms with Crippen LogP contribution in [0.3, 0.4) is 0 Å². The lowest BCUT2D eigenvalue weighted by atomic mass is 10.0. The minimum Gasteiger partial charge on any atom is -0.497 e. The van der Waals surface area contributed by atoms with Crippen LogP contribution in [0.4, 0.5) is 4.39 Å². The Morgan fingerprint density at radius 2 is 2.18 bits per heavy atom. The van der Waals surface area contributed by atoms with Crippen LogP contribution in [0.5, 0.6) is 5.75 Å². The predicted molar refractivity (Wildman–Crippen MR) is 84.9 cm³/mol. The molecule has 2 aromatic carbocycles. The largest absolute Gasteiger partial charge is 0.497 e. The molecular weight excluding hydrogens is 301 g/mol. The summed E-state index contributed by atoms with van der Waals surface area (Å²) in [7, 11) is 1.56. The van der Waals surface area contributed by atoms with Crippen LogP contribution in [-0.2, 0) is 0 Å². The Morgan fingerprint density at radius 1 is 1.32 bits per heavy atom. The van der Waals surface area contributed by atoms with E-state index >= 15 is 0 Å². The lowest BCUT2D eigenvalue weighted by molar-refractivity contribution is 0.0934. The van der Waals surface area contributed by atoms with Gasteiger partial charge < -0.3 is 10.1 Å². The van der Waals surface area contributed by atoms with E-state index in [0.717, 1.165) is 22.6 Å². The van der Waals surface area contributed by atoms with Crippen molar-refractivity contribution in [2.45, 2.75) is 17.4 Å². The maximum absolute atomic E-state index is 13.5. The van der Waals surface area contributed by atoms with Crippen molar-refractivity contribution >= 4 is 17.7 Å². The highest BCUT2D eigenvalue weighted by molar-refractivity contribution is 7.99. The lowest BCUT2D eigenvalue weighted by Gasteiger charge is -2.26. The third-order valence-electron chi connectivity index (χ3n) is 3.65. The summed E-state index contributed by atoms with van der Waals surface area (Å²) in [5.74, 6) is 1.09. The Labute approximate surface area is 132 Å². The quantitative estimate of drug-likeness (QED) is 0.936. The van der Waals surface area contributed by atoms with Gasteiger partial charge in [0.1, 0.15) is 11.6 Å². The summed E-state index contributed by atoms with van der Waals surface area (Å²) in [4.78, 5) is 13.4. The highest BCUT2D eigenvalue weighted by Gasteiger charge is 2.23. The zero-order chi connectivity index (χ0) is 15.5. The SMILES string of the molecule is COc1cccc(C(=O)NC2CCSc3ccc(F)cc32)c1. The minimum atomic E-state index is -0.276. The number of thioether (sulfide) groups is 1. The molecule has 1 aliphatic heterocycles. The van der Waals surface area contributed by atoms with Gasteiger partial charge in [0.2, 0.25) is 0 Å². The maximum atomic E-state index is 13.5. The first-order chi connectivity index (χ1) is 10.7. The van der Waals surface area contributed by atoms with Gasteiger partial charge in [-0.15, -0.1) is 11.8 Å². The first-order valence-electron chi connectivity index (χ1n) is 7.04. The molecule has 2 aromatic rings. The van der Waals surface area contributed by atoms with Crippen LogP contribution in [-0.4, -0.2) is 18.8 Å². The fourth-order valence-corrected chi connectivity index (χ4v) is 3.63. The number of hydrogen-bond donors (Lipinski definition) is 1. The zero-order valence-electron chi connectivity index (χ0n) is 12.1. The molecule has 114 valence electrons. The molecule has 0 aromatic heterocycles. The second kappa shape index (κ2) is 6.40. The molecular formula is C17H16FNO2S. The van der Waals surface area contributed by atoms with Crippen molar-refractivity contribution in [2.75, 3.05) is 12.9 Å². The number of methoxy groups -OCH3 is 1. The van der Waals surface area contributed by atoms with E-state index in [2.05, 4.69) is 5.32 Å². The lowest BCUT2D eigenvalue weighted by Crippen LogP contribution is -2.30. The number of fused-ring (bicyclic) bond motifs is 1. The number of nitrogens with one attached hydrogen (secondary N) is 1. The summed E-state index contributed by atoms with van der Waals surface area (Å²) >= 11 is 1.69. The average Bonchev–Trinajstić information content (AvgIpc) is 2.55. The summed E-state index contributed by atoms with van der Waals surface area (Å²) in [6.07, 6.45) is 0.789. The molecule has 1 amide bonds. The molecule has 0 spiro atoms. The molecule has 0 bridgehead atoms. The van der Waals surface area contributed by atoms with E-state index in [-0.39, 0.29) is 17.8 Å². The highest BCUT2D eigenvalue weighted by atomic mass is 32.2. The van der Waals surface area contributed by atoms with Gasteiger partial charge in [-0.2, -0.15) is 0 Å². The molecule has 3 nitrogen and oxygen atoms in total. The Bertz CT molecular complexity index is 705. The molecule has 0 fully saturated rings. The van der Waals surface area contributed by atoms with Crippen LogP contribution in [0, 0.1) is 5.82 Å². The van der Waals surface area contributed by atoms with E-state index in [9.17, 15) is 9.18 Å². The van der Waals surface area contributed by atoms with Crippen molar-refractivity contribution in [3.8, 4) is 5.75 Å². The van der Waals surface area contributed by atoms with Crippen molar-refractivity contribution < 1.29 is 13.9 Å². The smallest absolute Gasteiger partial charge is 0.251 e. The molecule has 1 heterocycles. The van der Waals surface area contributed by atoms with Gasteiger partial charge in [-0.25, -0.2) is 4.39 Å². The molecule has 1 unspecified atom stereocenters. The Hall–Kier alpha value is -2.01. The molecule has 0 radical (unpaired) electrons. The number of benzene rings is 2. The number of rotatable bonds is 3. The van der Waals surface area contributed by atoms with Crippen molar-refractivity contribution in [1.82, 2.24) is 5.32 Å². The van der Waals surface area contributed by atoms with Crippen molar-refractivity contribution in [3.05, 3.63) is 59.4 Å². The number of carbonyl (C=O) groups is 1. The number of amides is 1. The zero-order valence-corrected chi connectivity index (χ0v) is 13.0. The fraction of sp³-hybridized carbons (Fsp3) is 0.235. The maximum Gasteiger partial charge on any atom is 0.251 e. The van der Waals surface area contributed by atoms with Gasteiger partial charge in [-0.3, -0.25) is 4.79 Å². The molecule has 0 saturated heterocycles. The van der Waals surface area contributed by atoms with E-state index in [1.54, 1.807) is 49.2 Å². The van der Waals surface area contributed by atoms with Crippen LogP contribution >= 0.6 is 11.8 Å². The van der Waals surface area contributed by atoms with Crippen molar-refractivity contribution in [3.63, 3.8) is 0 Å². The van der Waals surface area contributed by atoms with Gasteiger partial charge in [0.15, 0.2) is 0 Å². The van der Waals surface area contributed by atoms with Gasteiger partial charge in [-0.1, -0.05) is 6.07 Å². The Kier molecular flexibility index (Phi) is 4.34. The summed E-state index contributed by atoms with van der Waals surface area (Å²) in [5.41, 5.74) is 1.39. The molecule has 1 N–H and O–H groups in total. The van der Waals surface area contributed by atoms with Gasteiger partial charge in [0, 0.05) is 16.2 Å². The van der Waals surface area contributed by atoms with Crippen LogP contribution in [0.15, 0.2) is 47.4 Å². The third kappa shape index (κ3) is 3.09. The van der Waals surface area contributed by atoms with E-state index in [4.69, 9.17) is 4.74 Å². The standard InChI is InChI=1S/C17H16FNO2S/c1-21-13-4-2-3-11(9-13)17(20)19-15-7-8-22-16-6-5-12(18)10-14(15)16/h2-6,9-10,15H,7-8H2,1H3,(H,19,20). The summed E-state index contributed by atoms with van der Waals surface area (Å²) in [6.45, 7) is 0. The Morgan fingerprint density at radius 3 is 3.00 bits per heavy atom. The predicted octanol–water partition coefficient (Wildman–Crippen LogP) is 3.80. The molecule has 3 rings (SSSR count). The van der Waals surface area contributed by atoms with Gasteiger partial charge >= 0.3 is 0 Å². The number of ether oxygens (including phenoxy) is 1. The Balaban J connectivity index is 1.82. The first-order valence-corrected chi connectivity index (χ1v) is 8.03. The third-order valence-corrected chi connectivity index (χ3v) is 4.77. The van der Waals surface area contributed by atoms with Gasteiger partial charge in [-0.05, 0) is 48.4 Å². The monoisotopic (exact) mass is 317 g/mol. The molecule has 5 heteroatoms. The van der Waals surface area contributed by atoms with Crippen molar-refractivity contribution in [2.24, 2.45) is 0 Å². The van der Waals surface area contributed by atoms with Crippen LogP contribution < -0.4 is 10.1 Å². The second-order valence-electron chi connectivity index (χ2n) is 5.08. The molecule has 1 atom stereocenters. The summed E-state index contributed by atoms with van der Waals surface area (Å²) < 4.78 is 18.6. The van der Waals surface area contributed by atoms with Crippen LogP contribution in [0.2, 0.25) is 0 Å². The van der Waals surface area contributed by atoms with E-state index in [1.165, 1.54) is 12.1 Å². The fourth-order valence-electron chi connectivity index (χ4n) is 2.52. The van der Waals surface area contributed by atoms with E-state index in [1.807, 2.05) is 0 Å². The van der Waals surface area contributed by atoms with E-state index in [0.29, 0.717) is 11.3 Å². The second-order valence-corrected chi connectivity index (χ2v) is 6.21. The topological polar surface area (TPSA) is 38.3 Å². The first kappa shape index (κ1) is 14.9. The van der Waals surface area contributed by atoms with Crippen molar-refractivity contribution in [1.29, 1.82) is 0 Å². The normalized spacial score (nSPS) is 16.7. The minimum absolute atomic E-state index is 0.161. The van der Waals surface area contributed by atoms with E-state index < -0.39 is 0 Å². The van der Waals surface area contributed by atoms with Crippen LogP contribution in [0.1, 0.15) is 28.4 Å². The highest BCUT2D eigenvalue weighted by Crippen LogP contribution is 2.36. The number of halogens is 1. The average molecular weight is 317 g/mol. The number of hydrogen-bond acceptors (Lipinski definition) is 3. The molecule has 0 aliphatic carbocycles. The molecule has 0 saturated carbocycles. The summed E-state index contributed by atoms with van der Waals surface area (Å²) in [6, 6.07) is 11.6. The summed E-state index contributed by atoms with van der Waals surface area (Å²) in [5, 5.41) is 3.00.